The number of nitrogens with one attached hydrogen (secondary N) is 2. The normalized spacial score (nSPS) is 10.6. The average molecular weight is 474 g/mol. The minimum absolute atomic E-state index is 0.213. The number of hydrogen-bond donors (Lipinski definition) is 2. The Morgan fingerprint density at radius 3 is 2.17 bits per heavy atom. The average Bonchev–Trinajstić information content (AvgIpc) is 2.74. The van der Waals surface area contributed by atoms with Crippen LogP contribution in [0.3, 0.4) is 0 Å². The van der Waals surface area contributed by atoms with E-state index in [1.165, 1.54) is 0 Å². The number of amides is 2. The molecule has 0 unspecified atom stereocenters. The molecular formula is C23H22BrClN2O2. The Morgan fingerprint density at radius 2 is 1.59 bits per heavy atom. The molecule has 29 heavy (non-hydrogen) atoms. The largest absolute Gasteiger partial charge is 0.492 e. The van der Waals surface area contributed by atoms with Gasteiger partial charge in [-0.05, 0) is 35.7 Å². The number of halogens is 2. The third-order valence-corrected chi connectivity index (χ3v) is 5.09. The fourth-order valence-corrected chi connectivity index (χ4v) is 3.61. The number of urea groups is 1. The molecule has 0 saturated carbocycles. The summed E-state index contributed by atoms with van der Waals surface area (Å²) in [6.45, 7) is 0.957. The predicted molar refractivity (Wildman–Crippen MR) is 121 cm³/mol. The maximum absolute atomic E-state index is 12.4. The van der Waals surface area contributed by atoms with Gasteiger partial charge in [0.2, 0.25) is 0 Å². The first-order valence-corrected chi connectivity index (χ1v) is 10.5. The molecule has 0 saturated heterocycles. The van der Waals surface area contributed by atoms with Gasteiger partial charge < -0.3 is 15.4 Å². The van der Waals surface area contributed by atoms with Crippen molar-refractivity contribution < 1.29 is 9.53 Å². The topological polar surface area (TPSA) is 50.4 Å². The fraction of sp³-hybridized carbons (Fsp3) is 0.174. The van der Waals surface area contributed by atoms with Crippen LogP contribution in [0.15, 0.2) is 83.3 Å². The van der Waals surface area contributed by atoms with E-state index in [1.54, 1.807) is 6.07 Å². The van der Waals surface area contributed by atoms with Gasteiger partial charge in [-0.25, -0.2) is 4.79 Å². The molecule has 0 radical (unpaired) electrons. The highest BCUT2D eigenvalue weighted by atomic mass is 79.9. The molecule has 4 nitrogen and oxygen atoms in total. The number of rotatable bonds is 8. The van der Waals surface area contributed by atoms with Crippen LogP contribution in [0.25, 0.3) is 0 Å². The van der Waals surface area contributed by atoms with Gasteiger partial charge in [0.05, 0.1) is 17.7 Å². The molecule has 3 rings (SSSR count). The first-order chi connectivity index (χ1) is 14.1. The van der Waals surface area contributed by atoms with E-state index in [2.05, 4.69) is 26.6 Å². The molecule has 0 heterocycles. The van der Waals surface area contributed by atoms with Gasteiger partial charge in [0.1, 0.15) is 5.75 Å². The third-order valence-electron chi connectivity index (χ3n) is 4.30. The van der Waals surface area contributed by atoms with Gasteiger partial charge in [-0.2, -0.15) is 0 Å². The zero-order valence-electron chi connectivity index (χ0n) is 15.8. The summed E-state index contributed by atoms with van der Waals surface area (Å²) in [5, 5.41) is 6.50. The van der Waals surface area contributed by atoms with Crippen molar-refractivity contribution in [2.24, 2.45) is 0 Å². The zero-order chi connectivity index (χ0) is 20.5. The van der Waals surface area contributed by atoms with E-state index in [9.17, 15) is 4.79 Å². The Morgan fingerprint density at radius 1 is 0.966 bits per heavy atom. The highest BCUT2D eigenvalue weighted by Crippen LogP contribution is 2.27. The Kier molecular flexibility index (Phi) is 7.96. The van der Waals surface area contributed by atoms with Gasteiger partial charge >= 0.3 is 6.03 Å². The number of ether oxygens (including phenoxy) is 1. The third kappa shape index (κ3) is 6.51. The maximum Gasteiger partial charge on any atom is 0.315 e. The lowest BCUT2D eigenvalue weighted by Crippen LogP contribution is -2.39. The summed E-state index contributed by atoms with van der Waals surface area (Å²) in [7, 11) is 0. The molecule has 0 fully saturated rings. The molecule has 2 N–H and O–H groups in total. The first-order valence-electron chi connectivity index (χ1n) is 9.35. The van der Waals surface area contributed by atoms with Crippen molar-refractivity contribution in [2.45, 2.75) is 12.5 Å². The van der Waals surface area contributed by atoms with Crippen LogP contribution >= 0.6 is 27.5 Å². The van der Waals surface area contributed by atoms with Crippen molar-refractivity contribution in [1.29, 1.82) is 0 Å². The summed E-state index contributed by atoms with van der Waals surface area (Å²) in [5.74, 6) is 0.632. The first kappa shape index (κ1) is 21.2. The number of hydrogen-bond acceptors (Lipinski definition) is 2. The van der Waals surface area contributed by atoms with Crippen LogP contribution in [-0.2, 0) is 0 Å². The van der Waals surface area contributed by atoms with Crippen molar-refractivity contribution >= 4 is 33.6 Å². The van der Waals surface area contributed by atoms with Gasteiger partial charge in [-0.3, -0.25) is 0 Å². The van der Waals surface area contributed by atoms with Gasteiger partial charge in [-0.1, -0.05) is 88.2 Å². The lowest BCUT2D eigenvalue weighted by Gasteiger charge is -2.20. The molecule has 0 aliphatic heterocycles. The molecule has 2 amide bonds. The molecule has 0 aliphatic rings. The maximum atomic E-state index is 12.4. The molecular weight excluding hydrogens is 452 g/mol. The van der Waals surface area contributed by atoms with Crippen LogP contribution in [0.1, 0.15) is 23.6 Å². The SMILES string of the molecule is O=C(NCCCOc1ccc(Br)cc1Cl)NC(c1ccccc1)c1ccccc1. The minimum Gasteiger partial charge on any atom is -0.492 e. The Hall–Kier alpha value is -2.50. The summed E-state index contributed by atoms with van der Waals surface area (Å²) in [6.07, 6.45) is 0.668. The number of benzene rings is 3. The zero-order valence-corrected chi connectivity index (χ0v) is 18.1. The van der Waals surface area contributed by atoms with Gasteiger partial charge in [0, 0.05) is 11.0 Å². The second-order valence-electron chi connectivity index (χ2n) is 6.43. The van der Waals surface area contributed by atoms with Crippen LogP contribution in [0, 0.1) is 0 Å². The standard InChI is InChI=1S/C23H22BrClN2O2/c24-19-12-13-21(20(25)16-19)29-15-7-14-26-23(28)27-22(17-8-3-1-4-9-17)18-10-5-2-6-11-18/h1-6,8-13,16,22H,7,14-15H2,(H2,26,27,28). The van der Waals surface area contributed by atoms with E-state index in [0.717, 1.165) is 15.6 Å². The Bertz CT molecular complexity index is 883. The smallest absolute Gasteiger partial charge is 0.315 e. The van der Waals surface area contributed by atoms with Gasteiger partial charge in [0.15, 0.2) is 0 Å². The van der Waals surface area contributed by atoms with Crippen LogP contribution in [0.5, 0.6) is 5.75 Å². The summed E-state index contributed by atoms with van der Waals surface area (Å²) >= 11 is 9.50. The van der Waals surface area contributed by atoms with Crippen LogP contribution in [0.2, 0.25) is 5.02 Å². The van der Waals surface area contributed by atoms with Crippen LogP contribution in [-0.4, -0.2) is 19.2 Å². The summed E-state index contributed by atoms with van der Waals surface area (Å²) in [5.41, 5.74) is 2.06. The van der Waals surface area contributed by atoms with Gasteiger partial charge in [0.25, 0.3) is 0 Å². The number of carbonyl (C=O) groups excluding carboxylic acids is 1. The monoisotopic (exact) mass is 472 g/mol. The van der Waals surface area contributed by atoms with Gasteiger partial charge in [-0.15, -0.1) is 0 Å². The van der Waals surface area contributed by atoms with Crippen molar-refractivity contribution in [1.82, 2.24) is 10.6 Å². The second kappa shape index (κ2) is 10.9. The molecule has 0 aromatic heterocycles. The fourth-order valence-electron chi connectivity index (χ4n) is 2.88. The molecule has 3 aromatic rings. The summed E-state index contributed by atoms with van der Waals surface area (Å²) in [6, 6.07) is 24.9. The molecule has 3 aromatic carbocycles. The highest BCUT2D eigenvalue weighted by molar-refractivity contribution is 9.10. The van der Waals surface area contributed by atoms with E-state index < -0.39 is 0 Å². The number of carbonyl (C=O) groups is 1. The molecule has 6 heteroatoms. The van der Waals surface area contributed by atoms with E-state index in [1.807, 2.05) is 72.8 Å². The van der Waals surface area contributed by atoms with E-state index in [4.69, 9.17) is 16.3 Å². The lowest BCUT2D eigenvalue weighted by molar-refractivity contribution is 0.237. The molecule has 150 valence electrons. The summed E-state index contributed by atoms with van der Waals surface area (Å²) < 4.78 is 6.57. The Balaban J connectivity index is 1.49. The Labute approximate surface area is 184 Å². The lowest BCUT2D eigenvalue weighted by atomic mass is 9.99. The quantitative estimate of drug-likeness (QED) is 0.397. The van der Waals surface area contributed by atoms with Crippen molar-refractivity contribution in [3.05, 3.63) is 99.5 Å². The van der Waals surface area contributed by atoms with E-state index >= 15 is 0 Å². The minimum atomic E-state index is -0.218. The van der Waals surface area contributed by atoms with Crippen LogP contribution in [0.4, 0.5) is 4.79 Å². The summed E-state index contributed by atoms with van der Waals surface area (Å²) in [4.78, 5) is 12.4. The molecule has 0 atom stereocenters. The molecule has 0 spiro atoms. The van der Waals surface area contributed by atoms with E-state index in [-0.39, 0.29) is 12.1 Å². The highest BCUT2D eigenvalue weighted by Gasteiger charge is 2.16. The van der Waals surface area contributed by atoms with E-state index in [0.29, 0.717) is 30.3 Å². The van der Waals surface area contributed by atoms with Crippen molar-refractivity contribution in [3.63, 3.8) is 0 Å². The second-order valence-corrected chi connectivity index (χ2v) is 7.75. The molecule has 0 bridgehead atoms. The molecule has 0 aliphatic carbocycles. The van der Waals surface area contributed by atoms with Crippen LogP contribution < -0.4 is 15.4 Å². The van der Waals surface area contributed by atoms with Crippen molar-refractivity contribution in [3.8, 4) is 5.75 Å². The van der Waals surface area contributed by atoms with Crippen molar-refractivity contribution in [2.75, 3.05) is 13.2 Å². The predicted octanol–water partition coefficient (Wildman–Crippen LogP) is 5.96.